The van der Waals surface area contributed by atoms with Gasteiger partial charge in [-0.3, -0.25) is 5.32 Å². The van der Waals surface area contributed by atoms with Crippen LogP contribution in [0, 0.1) is 0 Å². The number of nitrogens with one attached hydrogen (secondary N) is 1. The standard InChI is InChI=1S/C3H12N2OSi/c4-1-2-5-3-6-7/h5H,1-4H2,7H3. The van der Waals surface area contributed by atoms with E-state index in [0.717, 1.165) is 17.0 Å². The Balaban J connectivity index is 2.45. The monoisotopic (exact) mass is 120 g/mol. The van der Waals surface area contributed by atoms with Crippen LogP contribution in [0.3, 0.4) is 0 Å². The molecule has 0 aliphatic heterocycles. The second-order valence-electron chi connectivity index (χ2n) is 1.22. The zero-order chi connectivity index (χ0) is 5.54. The molecule has 0 aliphatic rings. The van der Waals surface area contributed by atoms with E-state index >= 15 is 0 Å². The molecule has 3 nitrogen and oxygen atoms in total. The molecule has 0 aliphatic carbocycles. The van der Waals surface area contributed by atoms with Gasteiger partial charge in [0.1, 0.15) is 10.5 Å². The predicted octanol–water partition coefficient (Wildman–Crippen LogP) is -2.21. The van der Waals surface area contributed by atoms with E-state index in [-0.39, 0.29) is 0 Å². The first-order valence-corrected chi connectivity index (χ1v) is 3.13. The quantitative estimate of drug-likeness (QED) is 0.251. The van der Waals surface area contributed by atoms with Crippen LogP contribution < -0.4 is 11.1 Å². The predicted molar refractivity (Wildman–Crippen MR) is 32.9 cm³/mol. The van der Waals surface area contributed by atoms with Gasteiger partial charge in [0.2, 0.25) is 0 Å². The molecule has 0 bridgehead atoms. The van der Waals surface area contributed by atoms with Crippen LogP contribution in [0.4, 0.5) is 0 Å². The molecule has 0 rings (SSSR count). The average molecular weight is 120 g/mol. The Morgan fingerprint density at radius 2 is 2.43 bits per heavy atom. The Morgan fingerprint density at radius 3 is 2.86 bits per heavy atom. The molecule has 3 N–H and O–H groups in total. The molecule has 0 fully saturated rings. The van der Waals surface area contributed by atoms with E-state index in [1.165, 1.54) is 0 Å². The third-order valence-electron chi connectivity index (χ3n) is 0.568. The van der Waals surface area contributed by atoms with Crippen LogP contribution in [-0.4, -0.2) is 30.3 Å². The van der Waals surface area contributed by atoms with Gasteiger partial charge in [0.05, 0.1) is 6.73 Å². The molecular weight excluding hydrogens is 108 g/mol. The van der Waals surface area contributed by atoms with Crippen molar-refractivity contribution in [2.45, 2.75) is 0 Å². The van der Waals surface area contributed by atoms with Crippen molar-refractivity contribution in [3.8, 4) is 0 Å². The van der Waals surface area contributed by atoms with Gasteiger partial charge in [-0.05, 0) is 0 Å². The highest BCUT2D eigenvalue weighted by Gasteiger charge is 1.75. The van der Waals surface area contributed by atoms with Crippen molar-refractivity contribution in [3.05, 3.63) is 0 Å². The van der Waals surface area contributed by atoms with Gasteiger partial charge in [0, 0.05) is 13.1 Å². The number of hydrogen-bond donors (Lipinski definition) is 2. The maximum Gasteiger partial charge on any atom is 0.147 e. The molecule has 0 atom stereocenters. The molecule has 0 aromatic rings. The minimum Gasteiger partial charge on any atom is -0.415 e. The summed E-state index contributed by atoms with van der Waals surface area (Å²) < 4.78 is 4.82. The van der Waals surface area contributed by atoms with Crippen LogP contribution in [0.15, 0.2) is 0 Å². The lowest BCUT2D eigenvalue weighted by molar-refractivity contribution is 0.312. The van der Waals surface area contributed by atoms with E-state index in [2.05, 4.69) is 5.32 Å². The highest BCUT2D eigenvalue weighted by atomic mass is 28.2. The minimum atomic E-state index is 0.656. The van der Waals surface area contributed by atoms with Crippen molar-refractivity contribution >= 4 is 10.5 Å². The summed E-state index contributed by atoms with van der Waals surface area (Å²) in [7, 11) is 0.802. The zero-order valence-corrected chi connectivity index (χ0v) is 6.61. The SMILES string of the molecule is NCCNCO[SiH3]. The first-order valence-electron chi connectivity index (χ1n) is 2.31. The molecule has 4 heteroatoms. The summed E-state index contributed by atoms with van der Waals surface area (Å²) in [5, 5.41) is 2.97. The molecule has 0 aromatic carbocycles. The van der Waals surface area contributed by atoms with E-state index in [4.69, 9.17) is 10.2 Å². The van der Waals surface area contributed by atoms with Crippen molar-refractivity contribution in [1.82, 2.24) is 5.32 Å². The Hall–Kier alpha value is 0.0969. The second kappa shape index (κ2) is 6.10. The van der Waals surface area contributed by atoms with Crippen LogP contribution in [0.5, 0.6) is 0 Å². The normalized spacial score (nSPS) is 9.86. The van der Waals surface area contributed by atoms with Gasteiger partial charge in [-0.1, -0.05) is 0 Å². The second-order valence-corrected chi connectivity index (χ2v) is 1.80. The third kappa shape index (κ3) is 6.10. The number of hydrogen-bond acceptors (Lipinski definition) is 3. The highest BCUT2D eigenvalue weighted by molar-refractivity contribution is 5.97. The molecule has 0 spiro atoms. The van der Waals surface area contributed by atoms with Crippen molar-refractivity contribution in [2.24, 2.45) is 5.73 Å². The summed E-state index contributed by atoms with van der Waals surface area (Å²) in [6.07, 6.45) is 0. The van der Waals surface area contributed by atoms with Crippen LogP contribution in [-0.2, 0) is 4.43 Å². The lowest BCUT2D eigenvalue weighted by atomic mass is 10.7. The summed E-state index contributed by atoms with van der Waals surface area (Å²) in [4.78, 5) is 0. The van der Waals surface area contributed by atoms with Crippen LogP contribution in [0.25, 0.3) is 0 Å². The van der Waals surface area contributed by atoms with Gasteiger partial charge < -0.3 is 10.2 Å². The van der Waals surface area contributed by atoms with Gasteiger partial charge in [-0.15, -0.1) is 0 Å². The maximum absolute atomic E-state index is 5.16. The van der Waals surface area contributed by atoms with Crippen molar-refractivity contribution in [2.75, 3.05) is 19.8 Å². The molecule has 0 amide bonds. The molecule has 0 aromatic heterocycles. The summed E-state index contributed by atoms with van der Waals surface area (Å²) in [6, 6.07) is 0. The van der Waals surface area contributed by atoms with Crippen LogP contribution >= 0.6 is 0 Å². The molecule has 0 radical (unpaired) electrons. The first kappa shape index (κ1) is 7.10. The van der Waals surface area contributed by atoms with Gasteiger partial charge in [-0.25, -0.2) is 0 Å². The fourth-order valence-corrected chi connectivity index (χ4v) is 0.480. The number of nitrogens with two attached hydrogens (primary N) is 1. The van der Waals surface area contributed by atoms with E-state index in [1.54, 1.807) is 0 Å². The Morgan fingerprint density at radius 1 is 1.71 bits per heavy atom. The first-order chi connectivity index (χ1) is 3.41. The molecule has 0 unspecified atom stereocenters. The summed E-state index contributed by atoms with van der Waals surface area (Å²) in [6.45, 7) is 2.19. The Labute approximate surface area is 46.8 Å². The lowest BCUT2D eigenvalue weighted by Gasteiger charge is -1.97. The highest BCUT2D eigenvalue weighted by Crippen LogP contribution is 1.54. The topological polar surface area (TPSA) is 47.3 Å². The zero-order valence-electron chi connectivity index (χ0n) is 4.61. The summed E-state index contributed by atoms with van der Waals surface area (Å²) in [5.41, 5.74) is 5.16. The smallest absolute Gasteiger partial charge is 0.147 e. The lowest BCUT2D eigenvalue weighted by Crippen LogP contribution is -2.24. The number of rotatable bonds is 4. The van der Waals surface area contributed by atoms with Gasteiger partial charge >= 0.3 is 0 Å². The summed E-state index contributed by atoms with van der Waals surface area (Å²) in [5.74, 6) is 0. The van der Waals surface area contributed by atoms with Crippen molar-refractivity contribution in [3.63, 3.8) is 0 Å². The fraction of sp³-hybridized carbons (Fsp3) is 1.00. The molecule has 0 saturated heterocycles. The van der Waals surface area contributed by atoms with Gasteiger partial charge in [0.15, 0.2) is 0 Å². The molecule has 0 saturated carbocycles. The molecule has 44 valence electrons. The Bertz CT molecular complexity index is 32.1. The van der Waals surface area contributed by atoms with E-state index < -0.39 is 0 Å². The van der Waals surface area contributed by atoms with Crippen molar-refractivity contribution in [1.29, 1.82) is 0 Å². The largest absolute Gasteiger partial charge is 0.415 e. The molecular formula is C3H12N2OSi. The van der Waals surface area contributed by atoms with Gasteiger partial charge in [0.25, 0.3) is 0 Å². The maximum atomic E-state index is 5.16. The van der Waals surface area contributed by atoms with Crippen molar-refractivity contribution < 1.29 is 4.43 Å². The van der Waals surface area contributed by atoms with E-state index in [9.17, 15) is 0 Å². The molecule has 7 heavy (non-hydrogen) atoms. The fourth-order valence-electron chi connectivity index (χ4n) is 0.276. The molecule has 0 heterocycles. The third-order valence-corrected chi connectivity index (χ3v) is 0.856. The average Bonchev–Trinajstić information content (AvgIpc) is 1.69. The van der Waals surface area contributed by atoms with E-state index in [1.807, 2.05) is 0 Å². The summed E-state index contributed by atoms with van der Waals surface area (Å²) >= 11 is 0. The van der Waals surface area contributed by atoms with E-state index in [0.29, 0.717) is 13.3 Å². The van der Waals surface area contributed by atoms with Crippen LogP contribution in [0.2, 0.25) is 0 Å². The minimum absolute atomic E-state index is 0.656. The Kier molecular flexibility index (Phi) is 6.18. The van der Waals surface area contributed by atoms with Crippen LogP contribution in [0.1, 0.15) is 0 Å². The van der Waals surface area contributed by atoms with Gasteiger partial charge in [-0.2, -0.15) is 0 Å².